The van der Waals surface area contributed by atoms with Crippen molar-refractivity contribution in [2.45, 2.75) is 102 Å². The Morgan fingerprint density at radius 3 is 2.51 bits per heavy atom. The Morgan fingerprint density at radius 2 is 1.80 bits per heavy atom. The fourth-order valence-electron chi connectivity index (χ4n) is 5.57. The number of nitrogens with zero attached hydrogens (tertiary/aromatic N) is 3. The number of aromatic nitrogens is 2. The van der Waals surface area contributed by atoms with E-state index in [1.807, 2.05) is 45.9 Å². The maximum atomic E-state index is 13.6. The molecule has 2 aliphatic rings. The van der Waals surface area contributed by atoms with Crippen LogP contribution >= 0.6 is 24.2 Å². The number of benzene rings is 1. The molecule has 0 spiro atoms. The van der Waals surface area contributed by atoms with Crippen molar-refractivity contribution in [2.24, 2.45) is 11.8 Å². The first kappa shape index (κ1) is 33.1. The molecule has 4 rings (SSSR count). The van der Waals surface area contributed by atoms with Gasteiger partial charge in [0, 0.05) is 24.8 Å². The first-order valence-corrected chi connectivity index (χ1v) is 15.5. The second-order valence-corrected chi connectivity index (χ2v) is 13.3. The number of carbonyl (C=O) groups excluding carboxylic acids is 3. The van der Waals surface area contributed by atoms with Gasteiger partial charge in [-0.15, -0.1) is 22.6 Å². The third kappa shape index (κ3) is 9.54. The van der Waals surface area contributed by atoms with Crippen LogP contribution in [0.15, 0.2) is 33.9 Å². The lowest BCUT2D eigenvalue weighted by molar-refractivity contribution is -0.127. The molecular formula is C30H46ClN5O4S. The van der Waals surface area contributed by atoms with Crippen LogP contribution in [0, 0.1) is 11.8 Å². The molecule has 0 radical (unpaired) electrons. The first-order chi connectivity index (χ1) is 19.2. The fourth-order valence-corrected chi connectivity index (χ4v) is 6.19. The number of ketones is 1. The minimum absolute atomic E-state index is 0. The van der Waals surface area contributed by atoms with Crippen LogP contribution in [0.4, 0.5) is 0 Å². The third-order valence-electron chi connectivity index (χ3n) is 7.51. The maximum Gasteiger partial charge on any atom is 0.286 e. The van der Waals surface area contributed by atoms with E-state index >= 15 is 0 Å². The molecule has 1 saturated carbocycles. The molecule has 2 heterocycles. The summed E-state index contributed by atoms with van der Waals surface area (Å²) in [5.41, 5.74) is 1.74. The topological polar surface area (TPSA) is 117 Å². The van der Waals surface area contributed by atoms with Gasteiger partial charge < -0.3 is 15.1 Å². The van der Waals surface area contributed by atoms with Crippen LogP contribution in [0.5, 0.6) is 0 Å². The number of Topliss-reactive ketones (excluding diaryl/α,β-unsaturated/α-hetero) is 1. The third-order valence-corrected chi connectivity index (χ3v) is 8.35. The Labute approximate surface area is 255 Å². The van der Waals surface area contributed by atoms with Gasteiger partial charge in [-0.05, 0) is 68.8 Å². The lowest BCUT2D eigenvalue weighted by atomic mass is 9.83. The van der Waals surface area contributed by atoms with E-state index in [1.165, 1.54) is 24.6 Å². The van der Waals surface area contributed by atoms with Gasteiger partial charge in [-0.3, -0.25) is 19.3 Å². The quantitative estimate of drug-likeness (QED) is 0.239. The summed E-state index contributed by atoms with van der Waals surface area (Å²) in [5, 5.41) is 14.6. The van der Waals surface area contributed by atoms with Crippen LogP contribution in [0.3, 0.4) is 0 Å². The Bertz CT molecular complexity index is 1170. The predicted molar refractivity (Wildman–Crippen MR) is 165 cm³/mol. The molecule has 1 aromatic heterocycles. The number of carbonyl (C=O) groups is 3. The minimum Gasteiger partial charge on any atom is -0.408 e. The van der Waals surface area contributed by atoms with Crippen molar-refractivity contribution >= 4 is 41.8 Å². The summed E-state index contributed by atoms with van der Waals surface area (Å²) in [4.78, 5) is 42.5. The number of likely N-dealkylation sites (tertiary alicyclic amines) is 1. The molecule has 9 nitrogen and oxygen atoms in total. The summed E-state index contributed by atoms with van der Waals surface area (Å²) < 4.78 is 5.60. The van der Waals surface area contributed by atoms with Gasteiger partial charge in [0.15, 0.2) is 0 Å². The molecule has 2 fully saturated rings. The summed E-state index contributed by atoms with van der Waals surface area (Å²) >= 11 is 1.39. The molecule has 1 aromatic carbocycles. The Kier molecular flexibility index (Phi) is 12.7. The molecule has 1 aliphatic heterocycles. The molecule has 11 heteroatoms. The Hall–Kier alpha value is -2.43. The van der Waals surface area contributed by atoms with Gasteiger partial charge in [0.2, 0.25) is 11.7 Å². The first-order valence-electron chi connectivity index (χ1n) is 14.7. The van der Waals surface area contributed by atoms with Crippen molar-refractivity contribution in [3.63, 3.8) is 0 Å². The molecule has 1 saturated heterocycles. The number of rotatable bonds is 12. The van der Waals surface area contributed by atoms with Crippen molar-refractivity contribution in [1.29, 1.82) is 0 Å². The molecule has 3 atom stereocenters. The molecule has 41 heavy (non-hydrogen) atoms. The van der Waals surface area contributed by atoms with Gasteiger partial charge in [0.1, 0.15) is 0 Å². The zero-order chi connectivity index (χ0) is 28.6. The van der Waals surface area contributed by atoms with Crippen LogP contribution in [0.1, 0.15) is 101 Å². The van der Waals surface area contributed by atoms with Crippen LogP contribution in [-0.2, 0) is 11.3 Å². The summed E-state index contributed by atoms with van der Waals surface area (Å²) in [6, 6.07) is 6.70. The highest BCUT2D eigenvalue weighted by Gasteiger charge is 2.35. The standard InChI is InChI=1S/C30H43N5O4S.ClH.H2/c1-19(2)16-25(26(36)29-33-34-30(39-29)40-20(3)4)32-28(38)23-12-5-6-13-24(23)31-27(37)22-11-9-10-21(17-22)18-35-14-7-8-15-35;;/h9-11,17,19-20,23-25H,5-8,12-16,18H2,1-4H3,(H,31,37)(H,32,38);2*1H/t23-,24+,25+;;/m1../s1. The smallest absolute Gasteiger partial charge is 0.286 e. The largest absolute Gasteiger partial charge is 0.408 e. The summed E-state index contributed by atoms with van der Waals surface area (Å²) in [6.07, 6.45) is 6.12. The van der Waals surface area contributed by atoms with E-state index in [0.717, 1.165) is 44.5 Å². The summed E-state index contributed by atoms with van der Waals surface area (Å²) in [7, 11) is 0. The van der Waals surface area contributed by atoms with E-state index in [1.54, 1.807) is 0 Å². The number of amides is 2. The van der Waals surface area contributed by atoms with Crippen molar-refractivity contribution in [2.75, 3.05) is 13.1 Å². The highest BCUT2D eigenvalue weighted by Crippen LogP contribution is 2.27. The highest BCUT2D eigenvalue weighted by molar-refractivity contribution is 7.99. The summed E-state index contributed by atoms with van der Waals surface area (Å²) in [5.74, 6) is -1.10. The molecule has 2 amide bonds. The van der Waals surface area contributed by atoms with Crippen LogP contribution < -0.4 is 10.6 Å². The molecule has 0 unspecified atom stereocenters. The average molecular weight is 608 g/mol. The van der Waals surface area contributed by atoms with Gasteiger partial charge >= 0.3 is 0 Å². The number of nitrogens with one attached hydrogen (secondary N) is 2. The van der Waals surface area contributed by atoms with E-state index in [2.05, 4.69) is 31.8 Å². The van der Waals surface area contributed by atoms with Crippen molar-refractivity contribution in [3.8, 4) is 0 Å². The second kappa shape index (κ2) is 15.7. The number of thioether (sulfide) groups is 1. The van der Waals surface area contributed by atoms with E-state index in [-0.39, 0.29) is 54.5 Å². The lowest BCUT2D eigenvalue weighted by Gasteiger charge is -2.32. The summed E-state index contributed by atoms with van der Waals surface area (Å²) in [6.45, 7) is 11.0. The fraction of sp³-hybridized carbons (Fsp3) is 0.633. The van der Waals surface area contributed by atoms with E-state index < -0.39 is 12.0 Å². The highest BCUT2D eigenvalue weighted by atomic mass is 35.5. The van der Waals surface area contributed by atoms with Gasteiger partial charge in [-0.2, -0.15) is 0 Å². The van der Waals surface area contributed by atoms with E-state index in [0.29, 0.717) is 23.6 Å². The monoisotopic (exact) mass is 607 g/mol. The average Bonchev–Trinajstić information content (AvgIpc) is 3.60. The van der Waals surface area contributed by atoms with Gasteiger partial charge in [-0.25, -0.2) is 0 Å². The van der Waals surface area contributed by atoms with Gasteiger partial charge in [-0.1, -0.05) is 64.4 Å². The molecule has 0 bridgehead atoms. The van der Waals surface area contributed by atoms with Gasteiger partial charge in [0.25, 0.3) is 17.0 Å². The zero-order valence-electron chi connectivity index (χ0n) is 24.6. The Morgan fingerprint density at radius 1 is 1.07 bits per heavy atom. The Balaban J connectivity index is 0.00000308. The maximum absolute atomic E-state index is 13.6. The van der Waals surface area contributed by atoms with Crippen LogP contribution in [-0.4, -0.2) is 63.1 Å². The predicted octanol–water partition coefficient (Wildman–Crippen LogP) is 5.54. The minimum atomic E-state index is -0.773. The van der Waals surface area contributed by atoms with Crippen molar-refractivity contribution in [1.82, 2.24) is 25.7 Å². The van der Waals surface area contributed by atoms with E-state index in [4.69, 9.17) is 4.42 Å². The molecule has 228 valence electrons. The lowest BCUT2D eigenvalue weighted by Crippen LogP contribution is -2.52. The van der Waals surface area contributed by atoms with Gasteiger partial charge in [0.05, 0.1) is 12.0 Å². The number of hydrogen-bond acceptors (Lipinski definition) is 8. The molecule has 1 aliphatic carbocycles. The normalized spacial score (nSPS) is 20.0. The number of hydrogen-bond donors (Lipinski definition) is 2. The van der Waals surface area contributed by atoms with Crippen LogP contribution in [0.2, 0.25) is 0 Å². The second-order valence-electron chi connectivity index (χ2n) is 11.7. The van der Waals surface area contributed by atoms with E-state index in [9.17, 15) is 14.4 Å². The van der Waals surface area contributed by atoms with Crippen molar-refractivity contribution < 1.29 is 20.2 Å². The SMILES string of the molecule is CC(C)C[C@H](NC(=O)[C@@H]1CCCC[C@@H]1NC(=O)c1cccc(CN2CCCC2)c1)C(=O)c1nnc(SC(C)C)o1.Cl.[HH]. The number of halogens is 1. The van der Waals surface area contributed by atoms with Crippen molar-refractivity contribution in [3.05, 3.63) is 41.3 Å². The van der Waals surface area contributed by atoms with Crippen LogP contribution in [0.25, 0.3) is 0 Å². The molecule has 2 aromatic rings. The molecule has 2 N–H and O–H groups in total. The molecular weight excluding hydrogens is 562 g/mol. The zero-order valence-corrected chi connectivity index (χ0v) is 26.2.